The normalized spacial score (nSPS) is 17.0. The van der Waals surface area contributed by atoms with E-state index in [1.54, 1.807) is 0 Å². The van der Waals surface area contributed by atoms with E-state index in [0.717, 1.165) is 44.3 Å². The summed E-state index contributed by atoms with van der Waals surface area (Å²) in [6, 6.07) is 8.06. The molecule has 1 aromatic heterocycles. The Morgan fingerprint density at radius 2 is 1.68 bits per heavy atom. The molecule has 0 aliphatic carbocycles. The second kappa shape index (κ2) is 7.19. The second-order valence-corrected chi connectivity index (χ2v) is 5.92. The molecule has 0 atom stereocenters. The minimum absolute atomic E-state index is 0.294. The van der Waals surface area contributed by atoms with Gasteiger partial charge in [-0.1, -0.05) is 28.9 Å². The Bertz CT molecular complexity index is 592. The van der Waals surface area contributed by atoms with E-state index in [-0.39, 0.29) is 0 Å². The predicted octanol–water partition coefficient (Wildman–Crippen LogP) is 1.50. The summed E-state index contributed by atoms with van der Waals surface area (Å²) >= 11 is 5.92. The SMILES string of the molecule is NCc1nc(CN2CCN(Cc3ccc(Cl)cc3)CC2)no1. The quantitative estimate of drug-likeness (QED) is 0.900. The van der Waals surface area contributed by atoms with Crippen LogP contribution in [0.3, 0.4) is 0 Å². The van der Waals surface area contributed by atoms with E-state index in [0.29, 0.717) is 18.3 Å². The maximum atomic E-state index is 5.92. The van der Waals surface area contributed by atoms with Gasteiger partial charge in [0, 0.05) is 37.7 Å². The van der Waals surface area contributed by atoms with Crippen molar-refractivity contribution in [3.05, 3.63) is 46.6 Å². The van der Waals surface area contributed by atoms with Gasteiger partial charge in [-0.25, -0.2) is 0 Å². The number of nitrogens with two attached hydrogens (primary N) is 1. The Balaban J connectivity index is 1.46. The summed E-state index contributed by atoms with van der Waals surface area (Å²) < 4.78 is 5.03. The van der Waals surface area contributed by atoms with Crippen molar-refractivity contribution >= 4 is 11.6 Å². The number of hydrogen-bond acceptors (Lipinski definition) is 6. The first-order valence-corrected chi connectivity index (χ1v) is 7.81. The minimum atomic E-state index is 0.294. The number of hydrogen-bond donors (Lipinski definition) is 1. The molecule has 1 fully saturated rings. The number of halogens is 1. The molecule has 0 radical (unpaired) electrons. The zero-order valence-electron chi connectivity index (χ0n) is 12.4. The van der Waals surface area contributed by atoms with Crippen LogP contribution in [-0.2, 0) is 19.6 Å². The lowest BCUT2D eigenvalue weighted by Crippen LogP contribution is -2.45. The highest BCUT2D eigenvalue weighted by Gasteiger charge is 2.18. The van der Waals surface area contributed by atoms with E-state index in [1.165, 1.54) is 5.56 Å². The van der Waals surface area contributed by atoms with Gasteiger partial charge >= 0.3 is 0 Å². The first-order chi connectivity index (χ1) is 10.7. The van der Waals surface area contributed by atoms with Crippen molar-refractivity contribution in [2.24, 2.45) is 5.73 Å². The molecule has 1 saturated heterocycles. The summed E-state index contributed by atoms with van der Waals surface area (Å²) in [5, 5.41) is 4.73. The molecule has 1 aromatic carbocycles. The average Bonchev–Trinajstić information content (AvgIpc) is 2.99. The van der Waals surface area contributed by atoms with E-state index < -0.39 is 0 Å². The maximum Gasteiger partial charge on any atom is 0.240 e. The first kappa shape index (κ1) is 15.4. The van der Waals surface area contributed by atoms with Gasteiger partial charge in [-0.3, -0.25) is 9.80 Å². The fourth-order valence-electron chi connectivity index (χ4n) is 2.59. The Labute approximate surface area is 134 Å². The molecule has 6 nitrogen and oxygen atoms in total. The smallest absolute Gasteiger partial charge is 0.240 e. The lowest BCUT2D eigenvalue weighted by Gasteiger charge is -2.34. The third-order valence-corrected chi connectivity index (χ3v) is 4.09. The van der Waals surface area contributed by atoms with Gasteiger partial charge in [0.2, 0.25) is 5.89 Å². The molecule has 3 rings (SSSR count). The van der Waals surface area contributed by atoms with Crippen LogP contribution < -0.4 is 5.73 Å². The summed E-state index contributed by atoms with van der Waals surface area (Å²) in [4.78, 5) is 9.03. The van der Waals surface area contributed by atoms with Crippen LogP contribution in [0.15, 0.2) is 28.8 Å². The Morgan fingerprint density at radius 3 is 2.27 bits per heavy atom. The number of aromatic nitrogens is 2. The van der Waals surface area contributed by atoms with Crippen LogP contribution in [0, 0.1) is 0 Å². The maximum absolute atomic E-state index is 5.92. The molecular weight excluding hydrogens is 302 g/mol. The molecule has 2 aromatic rings. The van der Waals surface area contributed by atoms with Crippen LogP contribution >= 0.6 is 11.6 Å². The molecule has 22 heavy (non-hydrogen) atoms. The third kappa shape index (κ3) is 4.04. The molecular formula is C15H20ClN5O. The number of rotatable bonds is 5. The number of nitrogens with zero attached hydrogens (tertiary/aromatic N) is 4. The van der Waals surface area contributed by atoms with Crippen LogP contribution in [0.25, 0.3) is 0 Å². The van der Waals surface area contributed by atoms with Gasteiger partial charge in [-0.05, 0) is 17.7 Å². The zero-order valence-corrected chi connectivity index (χ0v) is 13.2. The summed E-state index contributed by atoms with van der Waals surface area (Å²) in [6.45, 7) is 6.04. The van der Waals surface area contributed by atoms with Crippen molar-refractivity contribution in [3.63, 3.8) is 0 Å². The number of piperazine rings is 1. The van der Waals surface area contributed by atoms with Gasteiger partial charge in [0.15, 0.2) is 5.82 Å². The predicted molar refractivity (Wildman–Crippen MR) is 84.2 cm³/mol. The van der Waals surface area contributed by atoms with Crippen molar-refractivity contribution < 1.29 is 4.52 Å². The second-order valence-electron chi connectivity index (χ2n) is 5.49. The summed E-state index contributed by atoms with van der Waals surface area (Å²) in [5.41, 5.74) is 6.77. The van der Waals surface area contributed by atoms with Gasteiger partial charge in [0.1, 0.15) is 0 Å². The molecule has 0 unspecified atom stereocenters. The summed E-state index contributed by atoms with van der Waals surface area (Å²) in [5.74, 6) is 1.21. The van der Waals surface area contributed by atoms with Crippen LogP contribution in [-0.4, -0.2) is 46.1 Å². The fourth-order valence-corrected chi connectivity index (χ4v) is 2.72. The third-order valence-electron chi connectivity index (χ3n) is 3.83. The van der Waals surface area contributed by atoms with Crippen LogP contribution in [0.5, 0.6) is 0 Å². The van der Waals surface area contributed by atoms with Crippen LogP contribution in [0.1, 0.15) is 17.3 Å². The number of benzene rings is 1. The molecule has 1 aliphatic heterocycles. The molecule has 0 bridgehead atoms. The van der Waals surface area contributed by atoms with Crippen LogP contribution in [0.2, 0.25) is 5.02 Å². The largest absolute Gasteiger partial charge is 0.338 e. The molecule has 2 heterocycles. The first-order valence-electron chi connectivity index (χ1n) is 7.43. The van der Waals surface area contributed by atoms with Gasteiger partial charge in [-0.15, -0.1) is 0 Å². The zero-order chi connectivity index (χ0) is 15.4. The molecule has 0 amide bonds. The highest BCUT2D eigenvalue weighted by molar-refractivity contribution is 6.30. The highest BCUT2D eigenvalue weighted by Crippen LogP contribution is 2.13. The van der Waals surface area contributed by atoms with E-state index in [4.69, 9.17) is 21.9 Å². The molecule has 1 aliphatic rings. The molecule has 118 valence electrons. The van der Waals surface area contributed by atoms with E-state index in [9.17, 15) is 0 Å². The van der Waals surface area contributed by atoms with E-state index >= 15 is 0 Å². The van der Waals surface area contributed by atoms with Gasteiger partial charge < -0.3 is 10.3 Å². The summed E-state index contributed by atoms with van der Waals surface area (Å²) in [7, 11) is 0. The van der Waals surface area contributed by atoms with Crippen molar-refractivity contribution in [3.8, 4) is 0 Å². The summed E-state index contributed by atoms with van der Waals surface area (Å²) in [6.07, 6.45) is 0. The van der Waals surface area contributed by atoms with Crippen molar-refractivity contribution in [2.75, 3.05) is 26.2 Å². The monoisotopic (exact) mass is 321 g/mol. The molecule has 0 spiro atoms. The lowest BCUT2D eigenvalue weighted by atomic mass is 10.2. The highest BCUT2D eigenvalue weighted by atomic mass is 35.5. The van der Waals surface area contributed by atoms with Gasteiger partial charge in [0.25, 0.3) is 0 Å². The Morgan fingerprint density at radius 1 is 1.05 bits per heavy atom. The minimum Gasteiger partial charge on any atom is -0.338 e. The molecule has 2 N–H and O–H groups in total. The van der Waals surface area contributed by atoms with Gasteiger partial charge in [0.05, 0.1) is 13.1 Å². The Kier molecular flexibility index (Phi) is 5.04. The topological polar surface area (TPSA) is 71.4 Å². The standard InChI is InChI=1S/C15H20ClN5O/c16-13-3-1-12(2-4-13)10-20-5-7-21(8-6-20)11-14-18-15(9-17)22-19-14/h1-4H,5-11,17H2. The average molecular weight is 322 g/mol. The van der Waals surface area contributed by atoms with Crippen molar-refractivity contribution in [1.29, 1.82) is 0 Å². The molecule has 7 heteroatoms. The van der Waals surface area contributed by atoms with Crippen molar-refractivity contribution in [1.82, 2.24) is 19.9 Å². The van der Waals surface area contributed by atoms with E-state index in [2.05, 4.69) is 32.1 Å². The van der Waals surface area contributed by atoms with Gasteiger partial charge in [-0.2, -0.15) is 4.98 Å². The molecule has 0 saturated carbocycles. The van der Waals surface area contributed by atoms with Crippen LogP contribution in [0.4, 0.5) is 0 Å². The fraction of sp³-hybridized carbons (Fsp3) is 0.467. The van der Waals surface area contributed by atoms with E-state index in [1.807, 2.05) is 12.1 Å². The van der Waals surface area contributed by atoms with Crippen molar-refractivity contribution in [2.45, 2.75) is 19.6 Å². The lowest BCUT2D eigenvalue weighted by molar-refractivity contribution is 0.119. The Hall–Kier alpha value is -1.47.